The first kappa shape index (κ1) is 12.0. The molecule has 1 atom stereocenters. The van der Waals surface area contributed by atoms with Crippen molar-refractivity contribution in [3.8, 4) is 0 Å². The van der Waals surface area contributed by atoms with Crippen LogP contribution >= 0.6 is 0 Å². The molecule has 1 unspecified atom stereocenters. The van der Waals surface area contributed by atoms with Crippen molar-refractivity contribution in [2.45, 2.75) is 18.7 Å². The van der Waals surface area contributed by atoms with Crippen LogP contribution in [0, 0.1) is 0 Å². The van der Waals surface area contributed by atoms with Gasteiger partial charge in [-0.15, -0.1) is 0 Å². The molecule has 0 bridgehead atoms. The maximum Gasteiger partial charge on any atom is 0.216 e. The van der Waals surface area contributed by atoms with Gasteiger partial charge in [0.25, 0.3) is 0 Å². The fraction of sp³-hybridized carbons (Fsp3) is 0.500. The van der Waals surface area contributed by atoms with Crippen molar-refractivity contribution in [3.05, 3.63) is 24.3 Å². The Morgan fingerprint density at radius 1 is 1.60 bits per heavy atom. The number of aliphatic hydroxyl groups is 1. The molecule has 0 fully saturated rings. The maximum absolute atomic E-state index is 11.4. The Balaban J connectivity index is 2.58. The molecule has 0 saturated heterocycles. The zero-order chi connectivity index (χ0) is 11.3. The zero-order valence-electron chi connectivity index (χ0n) is 8.29. The summed E-state index contributed by atoms with van der Waals surface area (Å²) < 4.78 is 25.2. The third-order valence-electron chi connectivity index (χ3n) is 1.88. The second-order valence-electron chi connectivity index (χ2n) is 3.06. The molecule has 1 heterocycles. The Hall–Kier alpha value is -1.05. The molecule has 0 radical (unpaired) electrons. The standard InChI is InChI=1S/C8H13N3O3S/c1-7(5-12)15(13,14)11-4-8-2-3-9-6-10-8/h2-3,6-7,11-12H,4-5H2,1H3. The highest BCUT2D eigenvalue weighted by Gasteiger charge is 2.18. The van der Waals surface area contributed by atoms with Gasteiger partial charge in [-0.1, -0.05) is 0 Å². The molecule has 0 spiro atoms. The lowest BCUT2D eigenvalue weighted by Crippen LogP contribution is -2.34. The molecule has 1 rings (SSSR count). The lowest BCUT2D eigenvalue weighted by molar-refractivity contribution is 0.294. The van der Waals surface area contributed by atoms with E-state index in [1.807, 2.05) is 0 Å². The number of aliphatic hydroxyl groups excluding tert-OH is 1. The van der Waals surface area contributed by atoms with Crippen LogP contribution in [0.4, 0.5) is 0 Å². The predicted octanol–water partition coefficient (Wildman–Crippen LogP) is -0.723. The molecular formula is C8H13N3O3S. The summed E-state index contributed by atoms with van der Waals surface area (Å²) in [6.07, 6.45) is 2.88. The van der Waals surface area contributed by atoms with Gasteiger partial charge in [0.05, 0.1) is 24.1 Å². The molecule has 7 heteroatoms. The molecule has 6 nitrogen and oxygen atoms in total. The summed E-state index contributed by atoms with van der Waals surface area (Å²) in [6, 6.07) is 1.62. The van der Waals surface area contributed by atoms with E-state index in [0.717, 1.165) is 0 Å². The van der Waals surface area contributed by atoms with Gasteiger partial charge in [-0.3, -0.25) is 0 Å². The topological polar surface area (TPSA) is 92.2 Å². The van der Waals surface area contributed by atoms with Crippen molar-refractivity contribution >= 4 is 10.0 Å². The SMILES string of the molecule is CC(CO)S(=O)(=O)NCc1ccncn1. The molecule has 15 heavy (non-hydrogen) atoms. The van der Waals surface area contributed by atoms with Gasteiger partial charge in [0, 0.05) is 6.20 Å². The second kappa shape index (κ2) is 5.15. The molecule has 0 saturated carbocycles. The molecule has 0 aliphatic heterocycles. The first-order valence-electron chi connectivity index (χ1n) is 4.40. The number of nitrogens with one attached hydrogen (secondary N) is 1. The minimum absolute atomic E-state index is 0.106. The van der Waals surface area contributed by atoms with Crippen molar-refractivity contribution in [2.75, 3.05) is 6.61 Å². The van der Waals surface area contributed by atoms with Gasteiger partial charge in [-0.05, 0) is 13.0 Å². The van der Waals surface area contributed by atoms with Gasteiger partial charge in [0.2, 0.25) is 10.0 Å². The highest BCUT2D eigenvalue weighted by molar-refractivity contribution is 7.90. The van der Waals surface area contributed by atoms with Gasteiger partial charge in [0.1, 0.15) is 6.33 Å². The van der Waals surface area contributed by atoms with Crippen LogP contribution in [0.5, 0.6) is 0 Å². The molecule has 84 valence electrons. The minimum Gasteiger partial charge on any atom is -0.395 e. The maximum atomic E-state index is 11.4. The van der Waals surface area contributed by atoms with Crippen molar-refractivity contribution < 1.29 is 13.5 Å². The summed E-state index contributed by atoms with van der Waals surface area (Å²) in [4.78, 5) is 7.58. The lowest BCUT2D eigenvalue weighted by atomic mass is 10.4. The van der Waals surface area contributed by atoms with E-state index in [9.17, 15) is 8.42 Å². The van der Waals surface area contributed by atoms with Crippen molar-refractivity contribution in [1.82, 2.24) is 14.7 Å². The van der Waals surface area contributed by atoms with Crippen LogP contribution in [0.3, 0.4) is 0 Å². The third-order valence-corrected chi connectivity index (χ3v) is 3.64. The van der Waals surface area contributed by atoms with E-state index in [1.54, 1.807) is 6.07 Å². The average Bonchev–Trinajstić information content (AvgIpc) is 2.27. The van der Waals surface area contributed by atoms with Gasteiger partial charge in [-0.2, -0.15) is 0 Å². The second-order valence-corrected chi connectivity index (χ2v) is 5.24. The number of nitrogens with zero attached hydrogens (tertiary/aromatic N) is 2. The number of hydrogen-bond donors (Lipinski definition) is 2. The van der Waals surface area contributed by atoms with Crippen molar-refractivity contribution in [2.24, 2.45) is 0 Å². The van der Waals surface area contributed by atoms with Gasteiger partial charge < -0.3 is 5.11 Å². The Labute approximate surface area is 88.4 Å². The fourth-order valence-electron chi connectivity index (χ4n) is 0.838. The van der Waals surface area contributed by atoms with E-state index in [2.05, 4.69) is 14.7 Å². The zero-order valence-corrected chi connectivity index (χ0v) is 9.11. The van der Waals surface area contributed by atoms with E-state index in [1.165, 1.54) is 19.4 Å². The molecule has 0 amide bonds. The molecule has 1 aromatic heterocycles. The van der Waals surface area contributed by atoms with Gasteiger partial charge in [0.15, 0.2) is 0 Å². The van der Waals surface area contributed by atoms with E-state index >= 15 is 0 Å². The van der Waals surface area contributed by atoms with Crippen LogP contribution in [-0.2, 0) is 16.6 Å². The Kier molecular flexibility index (Phi) is 4.13. The molecule has 0 aromatic carbocycles. The monoisotopic (exact) mass is 231 g/mol. The minimum atomic E-state index is -3.47. The van der Waals surface area contributed by atoms with E-state index in [-0.39, 0.29) is 6.54 Å². The molecule has 0 aliphatic rings. The van der Waals surface area contributed by atoms with Crippen LogP contribution in [-0.4, -0.2) is 35.3 Å². The van der Waals surface area contributed by atoms with Crippen LogP contribution in [0.25, 0.3) is 0 Å². The van der Waals surface area contributed by atoms with Crippen LogP contribution in [0.1, 0.15) is 12.6 Å². The Morgan fingerprint density at radius 3 is 2.87 bits per heavy atom. The fourth-order valence-corrected chi connectivity index (χ4v) is 1.67. The summed E-state index contributed by atoms with van der Waals surface area (Å²) in [7, 11) is -3.47. The first-order chi connectivity index (χ1) is 7.06. The summed E-state index contributed by atoms with van der Waals surface area (Å²) in [5.41, 5.74) is 0.582. The average molecular weight is 231 g/mol. The molecule has 1 aromatic rings. The molecule has 2 N–H and O–H groups in total. The summed E-state index contributed by atoms with van der Waals surface area (Å²) in [6.45, 7) is 1.14. The van der Waals surface area contributed by atoms with E-state index in [0.29, 0.717) is 5.69 Å². The quantitative estimate of drug-likeness (QED) is 0.697. The molecular weight excluding hydrogens is 218 g/mol. The first-order valence-corrected chi connectivity index (χ1v) is 5.95. The van der Waals surface area contributed by atoms with Crippen LogP contribution in [0.2, 0.25) is 0 Å². The Bertz CT molecular complexity index is 393. The van der Waals surface area contributed by atoms with Crippen LogP contribution in [0.15, 0.2) is 18.6 Å². The summed E-state index contributed by atoms with van der Waals surface area (Å²) >= 11 is 0. The Morgan fingerprint density at radius 2 is 2.33 bits per heavy atom. The number of hydrogen-bond acceptors (Lipinski definition) is 5. The van der Waals surface area contributed by atoms with E-state index in [4.69, 9.17) is 5.11 Å². The highest BCUT2D eigenvalue weighted by Crippen LogP contribution is 1.99. The third kappa shape index (κ3) is 3.54. The van der Waals surface area contributed by atoms with Crippen molar-refractivity contribution in [3.63, 3.8) is 0 Å². The summed E-state index contributed by atoms with van der Waals surface area (Å²) in [5.74, 6) is 0. The number of sulfonamides is 1. The normalized spacial score (nSPS) is 13.7. The van der Waals surface area contributed by atoms with Crippen molar-refractivity contribution in [1.29, 1.82) is 0 Å². The predicted molar refractivity (Wildman–Crippen MR) is 54.3 cm³/mol. The number of rotatable bonds is 5. The van der Waals surface area contributed by atoms with E-state index < -0.39 is 21.9 Å². The van der Waals surface area contributed by atoms with Gasteiger partial charge >= 0.3 is 0 Å². The largest absolute Gasteiger partial charge is 0.395 e. The van der Waals surface area contributed by atoms with Crippen LogP contribution < -0.4 is 4.72 Å². The smallest absolute Gasteiger partial charge is 0.216 e. The lowest BCUT2D eigenvalue weighted by Gasteiger charge is -2.10. The number of aromatic nitrogens is 2. The highest BCUT2D eigenvalue weighted by atomic mass is 32.2. The molecule has 0 aliphatic carbocycles. The van der Waals surface area contributed by atoms with Gasteiger partial charge in [-0.25, -0.2) is 23.1 Å². The summed E-state index contributed by atoms with van der Waals surface area (Å²) in [5, 5.41) is 7.90.